The second kappa shape index (κ2) is 9.03. The molecule has 1 fully saturated rings. The van der Waals surface area contributed by atoms with Crippen LogP contribution in [0, 0.1) is 6.92 Å². The lowest BCUT2D eigenvalue weighted by atomic mass is 10.0. The molecule has 0 saturated carbocycles. The molecule has 1 aromatic carbocycles. The van der Waals surface area contributed by atoms with E-state index in [0.717, 1.165) is 25.8 Å². The Morgan fingerprint density at radius 2 is 1.97 bits per heavy atom. The molecule has 4 rings (SSSR count). The van der Waals surface area contributed by atoms with Gasteiger partial charge in [-0.3, -0.25) is 19.0 Å². The maximum atomic E-state index is 13.2. The number of thiophene rings is 1. The number of amides is 2. The molecule has 1 atom stereocenters. The number of fused-ring (bicyclic) bond motifs is 1. The van der Waals surface area contributed by atoms with Gasteiger partial charge >= 0.3 is 0 Å². The molecule has 168 valence electrons. The van der Waals surface area contributed by atoms with Crippen LogP contribution in [-0.2, 0) is 11.3 Å². The van der Waals surface area contributed by atoms with Gasteiger partial charge in [-0.1, -0.05) is 11.6 Å². The first-order chi connectivity index (χ1) is 15.3. The molecule has 2 aromatic heterocycles. The minimum atomic E-state index is -0.296. The standard InChI is InChI=1S/C23H25ClN4O3S/c1-14-6-4-5-11-28(14)18(29)12-27-13-25-21-19(22(27)30)15(2)20(32-21)23(31)26(3)17-9-7-16(24)8-10-17/h7-10,13-14H,4-6,11-12H2,1-3H3. The number of benzene rings is 1. The Balaban J connectivity index is 1.63. The van der Waals surface area contributed by atoms with Gasteiger partial charge in [0.1, 0.15) is 11.4 Å². The molecule has 0 N–H and O–H groups in total. The van der Waals surface area contributed by atoms with Crippen molar-refractivity contribution in [1.29, 1.82) is 0 Å². The summed E-state index contributed by atoms with van der Waals surface area (Å²) in [5.74, 6) is -0.302. The van der Waals surface area contributed by atoms with E-state index in [0.29, 0.717) is 31.4 Å². The zero-order valence-corrected chi connectivity index (χ0v) is 19.9. The van der Waals surface area contributed by atoms with Crippen LogP contribution in [0.2, 0.25) is 5.02 Å². The maximum absolute atomic E-state index is 13.2. The highest BCUT2D eigenvalue weighted by atomic mass is 35.5. The van der Waals surface area contributed by atoms with E-state index in [1.165, 1.54) is 27.1 Å². The van der Waals surface area contributed by atoms with Crippen molar-refractivity contribution in [3.63, 3.8) is 0 Å². The number of nitrogens with zero attached hydrogens (tertiary/aromatic N) is 4. The molecule has 1 aliphatic rings. The second-order valence-electron chi connectivity index (χ2n) is 8.19. The Bertz CT molecular complexity index is 1230. The summed E-state index contributed by atoms with van der Waals surface area (Å²) in [7, 11) is 1.68. The summed E-state index contributed by atoms with van der Waals surface area (Å²) < 4.78 is 1.35. The molecule has 9 heteroatoms. The van der Waals surface area contributed by atoms with E-state index in [9.17, 15) is 14.4 Å². The minimum absolute atomic E-state index is 0.0463. The van der Waals surface area contributed by atoms with Gasteiger partial charge in [0, 0.05) is 30.3 Å². The number of aryl methyl sites for hydroxylation is 1. The molecule has 2 amide bonds. The third-order valence-corrected chi connectivity index (χ3v) is 7.50. The normalized spacial score (nSPS) is 16.4. The number of likely N-dealkylation sites (tertiary alicyclic amines) is 1. The molecular formula is C23H25ClN4O3S. The number of aromatic nitrogens is 2. The van der Waals surface area contributed by atoms with Crippen LogP contribution in [0.1, 0.15) is 41.4 Å². The third-order valence-electron chi connectivity index (χ3n) is 6.06. The fraction of sp³-hybridized carbons (Fsp3) is 0.391. The molecule has 1 saturated heterocycles. The van der Waals surface area contributed by atoms with Gasteiger partial charge in [0.15, 0.2) is 0 Å². The first-order valence-corrected chi connectivity index (χ1v) is 11.8. The van der Waals surface area contributed by atoms with Crippen molar-refractivity contribution >= 4 is 50.7 Å². The smallest absolute Gasteiger partial charge is 0.268 e. The molecule has 0 aliphatic carbocycles. The topological polar surface area (TPSA) is 75.5 Å². The zero-order chi connectivity index (χ0) is 23.0. The summed E-state index contributed by atoms with van der Waals surface area (Å²) in [6.07, 6.45) is 4.49. The first kappa shape index (κ1) is 22.5. The maximum Gasteiger partial charge on any atom is 0.268 e. The SMILES string of the molecule is Cc1c(C(=O)N(C)c2ccc(Cl)cc2)sc2ncn(CC(=O)N3CCCCC3C)c(=O)c12. The summed E-state index contributed by atoms with van der Waals surface area (Å²) in [6.45, 7) is 4.47. The number of hydrogen-bond donors (Lipinski definition) is 0. The van der Waals surface area contributed by atoms with E-state index >= 15 is 0 Å². The molecular weight excluding hydrogens is 448 g/mol. The first-order valence-electron chi connectivity index (χ1n) is 10.6. The van der Waals surface area contributed by atoms with Gasteiger partial charge in [-0.25, -0.2) is 4.98 Å². The van der Waals surface area contributed by atoms with Crippen molar-refractivity contribution in [3.8, 4) is 0 Å². The Labute approximate surface area is 195 Å². The molecule has 0 radical (unpaired) electrons. The minimum Gasteiger partial charge on any atom is -0.338 e. The van der Waals surface area contributed by atoms with E-state index in [1.54, 1.807) is 38.2 Å². The van der Waals surface area contributed by atoms with Crippen molar-refractivity contribution in [1.82, 2.24) is 14.5 Å². The van der Waals surface area contributed by atoms with Gasteiger partial charge in [-0.15, -0.1) is 11.3 Å². The largest absolute Gasteiger partial charge is 0.338 e. The number of carbonyl (C=O) groups excluding carboxylic acids is 2. The molecule has 0 spiro atoms. The summed E-state index contributed by atoms with van der Waals surface area (Å²) in [4.78, 5) is 47.8. The predicted molar refractivity (Wildman–Crippen MR) is 128 cm³/mol. The number of anilines is 1. The second-order valence-corrected chi connectivity index (χ2v) is 9.62. The Kier molecular flexibility index (Phi) is 6.35. The third kappa shape index (κ3) is 4.17. The summed E-state index contributed by atoms with van der Waals surface area (Å²) >= 11 is 7.13. The van der Waals surface area contributed by atoms with E-state index in [-0.39, 0.29) is 30.0 Å². The van der Waals surface area contributed by atoms with E-state index < -0.39 is 0 Å². The Morgan fingerprint density at radius 1 is 1.25 bits per heavy atom. The van der Waals surface area contributed by atoms with Crippen LogP contribution >= 0.6 is 22.9 Å². The lowest BCUT2D eigenvalue weighted by Gasteiger charge is -2.33. The average Bonchev–Trinajstić information content (AvgIpc) is 3.12. The highest BCUT2D eigenvalue weighted by Crippen LogP contribution is 2.29. The number of piperidine rings is 1. The molecule has 3 aromatic rings. The van der Waals surface area contributed by atoms with Crippen molar-refractivity contribution in [2.75, 3.05) is 18.5 Å². The molecule has 1 aliphatic heterocycles. The molecule has 0 bridgehead atoms. The van der Waals surface area contributed by atoms with Crippen LogP contribution in [0.25, 0.3) is 10.2 Å². The quantitative estimate of drug-likeness (QED) is 0.573. The van der Waals surface area contributed by atoms with Gasteiger partial charge < -0.3 is 9.80 Å². The Morgan fingerprint density at radius 3 is 2.66 bits per heavy atom. The highest BCUT2D eigenvalue weighted by molar-refractivity contribution is 7.20. The van der Waals surface area contributed by atoms with Crippen LogP contribution in [0.5, 0.6) is 0 Å². The van der Waals surface area contributed by atoms with Crippen molar-refractivity contribution < 1.29 is 9.59 Å². The molecule has 7 nitrogen and oxygen atoms in total. The van der Waals surface area contributed by atoms with Crippen molar-refractivity contribution in [2.24, 2.45) is 0 Å². The monoisotopic (exact) mass is 472 g/mol. The lowest BCUT2D eigenvalue weighted by molar-refractivity contribution is -0.135. The van der Waals surface area contributed by atoms with Crippen molar-refractivity contribution in [3.05, 3.63) is 56.4 Å². The van der Waals surface area contributed by atoms with Gasteiger partial charge in [0.05, 0.1) is 16.6 Å². The number of halogens is 1. The number of rotatable bonds is 4. The van der Waals surface area contributed by atoms with Gasteiger partial charge in [-0.05, 0) is 62.9 Å². The summed E-state index contributed by atoms with van der Waals surface area (Å²) in [6, 6.07) is 7.15. The van der Waals surface area contributed by atoms with Crippen LogP contribution in [0.3, 0.4) is 0 Å². The fourth-order valence-corrected chi connectivity index (χ4v) is 5.36. The van der Waals surface area contributed by atoms with Gasteiger partial charge in [0.2, 0.25) is 5.91 Å². The van der Waals surface area contributed by atoms with E-state index in [2.05, 4.69) is 4.98 Å². The van der Waals surface area contributed by atoms with E-state index in [1.807, 2.05) is 11.8 Å². The van der Waals surface area contributed by atoms with E-state index in [4.69, 9.17) is 11.6 Å². The van der Waals surface area contributed by atoms with Crippen LogP contribution in [0.15, 0.2) is 35.4 Å². The van der Waals surface area contributed by atoms with Crippen LogP contribution < -0.4 is 10.5 Å². The lowest BCUT2D eigenvalue weighted by Crippen LogP contribution is -2.44. The molecule has 1 unspecified atom stereocenters. The molecule has 3 heterocycles. The van der Waals surface area contributed by atoms with Crippen LogP contribution in [0.4, 0.5) is 5.69 Å². The number of hydrogen-bond acceptors (Lipinski definition) is 5. The molecule has 32 heavy (non-hydrogen) atoms. The highest BCUT2D eigenvalue weighted by Gasteiger charge is 2.26. The van der Waals surface area contributed by atoms with Gasteiger partial charge in [0.25, 0.3) is 11.5 Å². The summed E-state index contributed by atoms with van der Waals surface area (Å²) in [5, 5.41) is 0.982. The summed E-state index contributed by atoms with van der Waals surface area (Å²) in [5.41, 5.74) is 0.985. The van der Waals surface area contributed by atoms with Gasteiger partial charge in [-0.2, -0.15) is 0 Å². The fourth-order valence-electron chi connectivity index (χ4n) is 4.12. The predicted octanol–water partition coefficient (Wildman–Crippen LogP) is 4.10. The number of carbonyl (C=O) groups is 2. The Hall–Kier alpha value is -2.71. The van der Waals surface area contributed by atoms with Crippen LogP contribution in [-0.4, -0.2) is 45.9 Å². The average molecular weight is 473 g/mol. The zero-order valence-electron chi connectivity index (χ0n) is 18.3. The van der Waals surface area contributed by atoms with Crippen molar-refractivity contribution in [2.45, 2.75) is 45.7 Å².